The molecule has 0 aromatic heterocycles. The van der Waals surface area contributed by atoms with Crippen LogP contribution in [0.5, 0.6) is 0 Å². The van der Waals surface area contributed by atoms with Gasteiger partial charge in [-0.05, 0) is 11.1 Å². The largest absolute Gasteiger partial charge is 0.382 e. The van der Waals surface area contributed by atoms with Gasteiger partial charge in [0, 0.05) is 12.3 Å². The zero-order chi connectivity index (χ0) is 16.1. The molecule has 0 aliphatic carbocycles. The second-order valence-corrected chi connectivity index (χ2v) is 5.26. The Hall–Kier alpha value is -2.56. The van der Waals surface area contributed by atoms with E-state index in [2.05, 4.69) is 4.99 Å². The molecule has 2 atom stereocenters. The molecule has 2 aromatic carbocycles. The zero-order valence-corrected chi connectivity index (χ0v) is 12.5. The number of nitrogens with zero attached hydrogens (tertiary/aromatic N) is 1. The van der Waals surface area contributed by atoms with E-state index in [-0.39, 0.29) is 12.4 Å². The van der Waals surface area contributed by atoms with Crippen molar-refractivity contribution in [3.63, 3.8) is 0 Å². The first-order valence-electron chi connectivity index (χ1n) is 7.42. The lowest BCUT2D eigenvalue weighted by Crippen LogP contribution is -2.37. The molecular weight excluding hydrogens is 290 g/mol. The molecule has 1 heterocycles. The van der Waals surface area contributed by atoms with Crippen molar-refractivity contribution in [2.24, 2.45) is 4.99 Å². The van der Waals surface area contributed by atoms with Crippen LogP contribution in [0.2, 0.25) is 0 Å². The summed E-state index contributed by atoms with van der Waals surface area (Å²) in [6, 6.07) is 18.7. The SMILES string of the molecule is O=C1C=CN=C(C(O)c2ccccc2)C1OCc1ccccc1. The summed E-state index contributed by atoms with van der Waals surface area (Å²) in [5, 5.41) is 10.5. The predicted molar refractivity (Wildman–Crippen MR) is 88.0 cm³/mol. The number of aliphatic imine (C=N–C) groups is 1. The van der Waals surface area contributed by atoms with E-state index in [0.717, 1.165) is 5.56 Å². The summed E-state index contributed by atoms with van der Waals surface area (Å²) < 4.78 is 5.74. The summed E-state index contributed by atoms with van der Waals surface area (Å²) in [6.45, 7) is 0.283. The van der Waals surface area contributed by atoms with Crippen LogP contribution in [0.1, 0.15) is 17.2 Å². The number of hydrogen-bond acceptors (Lipinski definition) is 4. The van der Waals surface area contributed by atoms with Gasteiger partial charge in [-0.25, -0.2) is 0 Å². The number of aliphatic hydroxyl groups is 1. The van der Waals surface area contributed by atoms with Crippen LogP contribution >= 0.6 is 0 Å². The summed E-state index contributed by atoms with van der Waals surface area (Å²) in [5.74, 6) is -0.207. The molecule has 0 saturated carbocycles. The van der Waals surface area contributed by atoms with Crippen molar-refractivity contribution in [1.82, 2.24) is 0 Å². The molecule has 2 aromatic rings. The van der Waals surface area contributed by atoms with Gasteiger partial charge in [-0.3, -0.25) is 9.79 Å². The lowest BCUT2D eigenvalue weighted by Gasteiger charge is -2.23. The molecule has 1 aliphatic heterocycles. The Balaban J connectivity index is 1.78. The maximum absolute atomic E-state index is 12.2. The lowest BCUT2D eigenvalue weighted by atomic mass is 9.97. The zero-order valence-electron chi connectivity index (χ0n) is 12.5. The minimum Gasteiger partial charge on any atom is -0.382 e. The van der Waals surface area contributed by atoms with Gasteiger partial charge < -0.3 is 9.84 Å². The predicted octanol–water partition coefficient (Wildman–Crippen LogP) is 2.84. The highest BCUT2D eigenvalue weighted by molar-refractivity contribution is 6.15. The summed E-state index contributed by atoms with van der Waals surface area (Å²) >= 11 is 0. The first kappa shape index (κ1) is 15.3. The highest BCUT2D eigenvalue weighted by atomic mass is 16.5. The summed E-state index contributed by atoms with van der Waals surface area (Å²) in [7, 11) is 0. The van der Waals surface area contributed by atoms with Gasteiger partial charge in [0.05, 0.1) is 12.3 Å². The molecule has 4 heteroatoms. The van der Waals surface area contributed by atoms with Crippen LogP contribution in [0.3, 0.4) is 0 Å². The highest BCUT2D eigenvalue weighted by Crippen LogP contribution is 2.21. The molecular formula is C19H17NO3. The van der Waals surface area contributed by atoms with E-state index < -0.39 is 12.2 Å². The van der Waals surface area contributed by atoms with Crippen molar-refractivity contribution in [3.05, 3.63) is 84.1 Å². The quantitative estimate of drug-likeness (QED) is 0.924. The molecule has 0 amide bonds. The minimum absolute atomic E-state index is 0.207. The van der Waals surface area contributed by atoms with Gasteiger partial charge in [-0.2, -0.15) is 0 Å². The number of carbonyl (C=O) groups is 1. The monoisotopic (exact) mass is 307 g/mol. The van der Waals surface area contributed by atoms with Gasteiger partial charge in [0.15, 0.2) is 11.9 Å². The van der Waals surface area contributed by atoms with Gasteiger partial charge in [0.25, 0.3) is 0 Å². The number of carbonyl (C=O) groups excluding carboxylic acids is 1. The van der Waals surface area contributed by atoms with E-state index in [9.17, 15) is 9.90 Å². The molecule has 1 N–H and O–H groups in total. The fraction of sp³-hybridized carbons (Fsp3) is 0.158. The van der Waals surface area contributed by atoms with E-state index >= 15 is 0 Å². The topological polar surface area (TPSA) is 58.9 Å². The Morgan fingerprint density at radius 2 is 1.70 bits per heavy atom. The Labute approximate surface area is 134 Å². The van der Waals surface area contributed by atoms with Crippen LogP contribution < -0.4 is 0 Å². The van der Waals surface area contributed by atoms with Crippen LogP contribution in [0, 0.1) is 0 Å². The molecule has 0 fully saturated rings. The molecule has 23 heavy (non-hydrogen) atoms. The molecule has 4 nitrogen and oxygen atoms in total. The second-order valence-electron chi connectivity index (χ2n) is 5.26. The van der Waals surface area contributed by atoms with E-state index in [1.165, 1.54) is 12.3 Å². The number of rotatable bonds is 5. The molecule has 0 saturated heterocycles. The number of ether oxygens (including phenoxy) is 1. The van der Waals surface area contributed by atoms with Gasteiger partial charge in [-0.15, -0.1) is 0 Å². The van der Waals surface area contributed by atoms with E-state index in [4.69, 9.17) is 4.74 Å². The fourth-order valence-corrected chi connectivity index (χ4v) is 2.44. The fourth-order valence-electron chi connectivity index (χ4n) is 2.44. The first-order valence-corrected chi connectivity index (χ1v) is 7.42. The van der Waals surface area contributed by atoms with Crippen molar-refractivity contribution in [2.45, 2.75) is 18.8 Å². The average Bonchev–Trinajstić information content (AvgIpc) is 2.61. The summed E-state index contributed by atoms with van der Waals surface area (Å²) in [5.41, 5.74) is 1.96. The normalized spacial score (nSPS) is 18.6. The van der Waals surface area contributed by atoms with Crippen molar-refractivity contribution in [1.29, 1.82) is 0 Å². The Kier molecular flexibility index (Phi) is 4.76. The van der Waals surface area contributed by atoms with Crippen LogP contribution in [-0.4, -0.2) is 22.7 Å². The highest BCUT2D eigenvalue weighted by Gasteiger charge is 2.31. The van der Waals surface area contributed by atoms with Crippen LogP contribution in [-0.2, 0) is 16.1 Å². The maximum Gasteiger partial charge on any atom is 0.191 e. The third kappa shape index (κ3) is 3.62. The van der Waals surface area contributed by atoms with E-state index in [1.807, 2.05) is 48.5 Å². The van der Waals surface area contributed by atoms with Crippen molar-refractivity contribution in [2.75, 3.05) is 0 Å². The summed E-state index contributed by atoms with van der Waals surface area (Å²) in [6.07, 6.45) is 0.949. The first-order chi connectivity index (χ1) is 11.3. The van der Waals surface area contributed by atoms with Crippen molar-refractivity contribution >= 4 is 11.5 Å². The second kappa shape index (κ2) is 7.13. The van der Waals surface area contributed by atoms with Gasteiger partial charge in [0.1, 0.15) is 6.10 Å². The molecule has 0 bridgehead atoms. The Morgan fingerprint density at radius 1 is 1.04 bits per heavy atom. The average molecular weight is 307 g/mol. The minimum atomic E-state index is -0.967. The molecule has 3 rings (SSSR count). The molecule has 116 valence electrons. The molecule has 2 unspecified atom stereocenters. The van der Waals surface area contributed by atoms with Crippen LogP contribution in [0.25, 0.3) is 0 Å². The summed E-state index contributed by atoms with van der Waals surface area (Å²) in [4.78, 5) is 16.3. The number of ketones is 1. The third-order valence-electron chi connectivity index (χ3n) is 3.64. The van der Waals surface area contributed by atoms with Crippen molar-refractivity contribution in [3.8, 4) is 0 Å². The molecule has 0 spiro atoms. The molecule has 1 aliphatic rings. The van der Waals surface area contributed by atoms with Gasteiger partial charge in [0.2, 0.25) is 0 Å². The standard InChI is InChI=1S/C19H17NO3/c21-16-11-12-20-17(18(22)15-9-5-2-6-10-15)19(16)23-13-14-7-3-1-4-8-14/h1-12,18-19,22H,13H2. The maximum atomic E-state index is 12.2. The third-order valence-corrected chi connectivity index (χ3v) is 3.64. The van der Waals surface area contributed by atoms with E-state index in [0.29, 0.717) is 11.3 Å². The van der Waals surface area contributed by atoms with Gasteiger partial charge >= 0.3 is 0 Å². The number of benzene rings is 2. The van der Waals surface area contributed by atoms with Gasteiger partial charge in [-0.1, -0.05) is 60.7 Å². The Bertz CT molecular complexity index is 723. The van der Waals surface area contributed by atoms with Crippen LogP contribution in [0.4, 0.5) is 0 Å². The Morgan fingerprint density at radius 3 is 2.39 bits per heavy atom. The van der Waals surface area contributed by atoms with Crippen LogP contribution in [0.15, 0.2) is 77.9 Å². The number of hydrogen-bond donors (Lipinski definition) is 1. The number of aliphatic hydroxyl groups excluding tert-OH is 1. The molecule has 0 radical (unpaired) electrons. The van der Waals surface area contributed by atoms with Crippen molar-refractivity contribution < 1.29 is 14.6 Å². The lowest BCUT2D eigenvalue weighted by molar-refractivity contribution is -0.122. The van der Waals surface area contributed by atoms with E-state index in [1.54, 1.807) is 12.1 Å². The smallest absolute Gasteiger partial charge is 0.191 e.